The molecule has 2 heteroatoms. The van der Waals surface area contributed by atoms with E-state index >= 15 is 0 Å². The Hall–Kier alpha value is -1.15. The Labute approximate surface area is 66.0 Å². The van der Waals surface area contributed by atoms with Crippen LogP contribution in [-0.4, -0.2) is 11.5 Å². The molecule has 1 aromatic rings. The van der Waals surface area contributed by atoms with Gasteiger partial charge in [-0.3, -0.25) is 4.98 Å². The van der Waals surface area contributed by atoms with E-state index in [4.69, 9.17) is 0 Å². The van der Waals surface area contributed by atoms with Gasteiger partial charge in [-0.1, -0.05) is 12.6 Å². The molecule has 0 radical (unpaired) electrons. The van der Waals surface area contributed by atoms with E-state index in [2.05, 4.69) is 22.9 Å². The lowest BCUT2D eigenvalue weighted by atomic mass is 10.2. The maximum Gasteiger partial charge on any atom is 0.0623 e. The molecule has 56 valence electrons. The number of aromatic nitrogens is 1. The second-order valence-corrected chi connectivity index (χ2v) is 2.68. The van der Waals surface area contributed by atoms with Crippen LogP contribution in [0.1, 0.15) is 17.3 Å². The van der Waals surface area contributed by atoms with Crippen molar-refractivity contribution in [3.8, 4) is 0 Å². The van der Waals surface area contributed by atoms with Crippen molar-refractivity contribution in [1.29, 1.82) is 0 Å². The Bertz CT molecular complexity index is 259. The summed E-state index contributed by atoms with van der Waals surface area (Å²) in [5.74, 6) is 0. The van der Waals surface area contributed by atoms with Crippen LogP contribution in [0.2, 0.25) is 0 Å². The summed E-state index contributed by atoms with van der Waals surface area (Å²) in [4.78, 5) is 4.20. The van der Waals surface area contributed by atoms with Crippen LogP contribution in [0.3, 0.4) is 0 Å². The molecule has 0 unspecified atom stereocenters. The van der Waals surface area contributed by atoms with Crippen LogP contribution in [0.5, 0.6) is 0 Å². The molecular formula is C9H10N2. The molecule has 1 aromatic heterocycles. The van der Waals surface area contributed by atoms with Crippen LogP contribution >= 0.6 is 0 Å². The zero-order valence-electron chi connectivity index (χ0n) is 6.25. The van der Waals surface area contributed by atoms with Gasteiger partial charge in [-0.2, -0.15) is 0 Å². The largest absolute Gasteiger partial charge is 0.307 e. The van der Waals surface area contributed by atoms with Gasteiger partial charge in [0.05, 0.1) is 5.69 Å². The number of pyridine rings is 1. The van der Waals surface area contributed by atoms with Gasteiger partial charge in [-0.05, 0) is 17.7 Å². The van der Waals surface area contributed by atoms with Gasteiger partial charge >= 0.3 is 0 Å². The van der Waals surface area contributed by atoms with Crippen LogP contribution in [0, 0.1) is 0 Å². The minimum atomic E-state index is 0.557. The Balaban J connectivity index is 2.25. The highest BCUT2D eigenvalue weighted by atomic mass is 15.1. The fourth-order valence-electron chi connectivity index (χ4n) is 1.04. The second kappa shape index (κ2) is 2.47. The third-order valence-corrected chi connectivity index (χ3v) is 1.83. The molecule has 0 spiro atoms. The molecule has 1 fully saturated rings. The molecule has 0 aliphatic carbocycles. The first kappa shape index (κ1) is 6.55. The van der Waals surface area contributed by atoms with Crippen LogP contribution in [0.25, 0.3) is 6.08 Å². The third-order valence-electron chi connectivity index (χ3n) is 1.83. The molecule has 0 amide bonds. The highest BCUT2D eigenvalue weighted by Gasteiger charge is 2.21. The summed E-state index contributed by atoms with van der Waals surface area (Å²) in [6, 6.07) is 4.64. The van der Waals surface area contributed by atoms with Gasteiger partial charge in [0.15, 0.2) is 0 Å². The smallest absolute Gasteiger partial charge is 0.0623 e. The molecule has 1 aliphatic rings. The highest BCUT2D eigenvalue weighted by Crippen LogP contribution is 2.20. The second-order valence-electron chi connectivity index (χ2n) is 2.68. The van der Waals surface area contributed by atoms with Crippen molar-refractivity contribution >= 4 is 6.08 Å². The van der Waals surface area contributed by atoms with Crippen LogP contribution in [0.15, 0.2) is 24.9 Å². The van der Waals surface area contributed by atoms with E-state index in [0.29, 0.717) is 6.04 Å². The Morgan fingerprint density at radius 2 is 2.45 bits per heavy atom. The molecule has 0 bridgehead atoms. The summed E-state index contributed by atoms with van der Waals surface area (Å²) < 4.78 is 0. The highest BCUT2D eigenvalue weighted by molar-refractivity contribution is 5.41. The first-order valence-electron chi connectivity index (χ1n) is 3.72. The van der Waals surface area contributed by atoms with Crippen molar-refractivity contribution in [2.45, 2.75) is 6.04 Å². The van der Waals surface area contributed by atoms with Crippen molar-refractivity contribution in [2.24, 2.45) is 0 Å². The molecule has 2 heterocycles. The standard InChI is InChI=1S/C9H10N2/c1-2-8-4-3-7(5-10-8)9-6-11-9/h2-5,9,11H,1,6H2/t9-/m1/s1. The van der Waals surface area contributed by atoms with E-state index in [1.54, 1.807) is 6.08 Å². The average Bonchev–Trinajstić information content (AvgIpc) is 2.87. The number of nitrogens with one attached hydrogen (secondary N) is 1. The van der Waals surface area contributed by atoms with Crippen molar-refractivity contribution < 1.29 is 0 Å². The van der Waals surface area contributed by atoms with E-state index in [-0.39, 0.29) is 0 Å². The summed E-state index contributed by atoms with van der Waals surface area (Å²) in [7, 11) is 0. The van der Waals surface area contributed by atoms with Crippen LogP contribution in [0.4, 0.5) is 0 Å². The van der Waals surface area contributed by atoms with Crippen LogP contribution < -0.4 is 5.32 Å². The summed E-state index contributed by atoms with van der Waals surface area (Å²) >= 11 is 0. The molecule has 1 aliphatic heterocycles. The van der Waals surface area contributed by atoms with Crippen LogP contribution in [-0.2, 0) is 0 Å². The lowest BCUT2D eigenvalue weighted by Crippen LogP contribution is -1.86. The fraction of sp³-hybridized carbons (Fsp3) is 0.222. The zero-order valence-corrected chi connectivity index (χ0v) is 6.25. The summed E-state index contributed by atoms with van der Waals surface area (Å²) in [6.45, 7) is 4.74. The quantitative estimate of drug-likeness (QED) is 0.639. The monoisotopic (exact) mass is 146 g/mol. The lowest BCUT2D eigenvalue weighted by molar-refractivity contribution is 1.05. The molecular weight excluding hydrogens is 136 g/mol. The maximum atomic E-state index is 4.20. The molecule has 0 aromatic carbocycles. The van der Waals surface area contributed by atoms with Gasteiger partial charge in [0.2, 0.25) is 0 Å². The van der Waals surface area contributed by atoms with E-state index in [1.165, 1.54) is 5.56 Å². The van der Waals surface area contributed by atoms with E-state index in [1.807, 2.05) is 12.3 Å². The Morgan fingerprint density at radius 1 is 1.64 bits per heavy atom. The summed E-state index contributed by atoms with van der Waals surface area (Å²) in [5, 5.41) is 3.22. The number of hydrogen-bond acceptors (Lipinski definition) is 2. The molecule has 2 rings (SSSR count). The molecule has 1 atom stereocenters. The number of nitrogens with zero attached hydrogens (tertiary/aromatic N) is 1. The summed E-state index contributed by atoms with van der Waals surface area (Å²) in [5.41, 5.74) is 2.21. The van der Waals surface area contributed by atoms with Crippen molar-refractivity contribution in [1.82, 2.24) is 10.3 Å². The van der Waals surface area contributed by atoms with Gasteiger partial charge in [-0.25, -0.2) is 0 Å². The summed E-state index contributed by atoms with van der Waals surface area (Å²) in [6.07, 6.45) is 3.66. The van der Waals surface area contributed by atoms with Crippen molar-refractivity contribution in [3.63, 3.8) is 0 Å². The average molecular weight is 146 g/mol. The molecule has 2 nitrogen and oxygen atoms in total. The molecule has 11 heavy (non-hydrogen) atoms. The predicted octanol–water partition coefficient (Wildman–Crippen LogP) is 1.37. The van der Waals surface area contributed by atoms with Gasteiger partial charge < -0.3 is 5.32 Å². The number of hydrogen-bond donors (Lipinski definition) is 1. The van der Waals surface area contributed by atoms with E-state index in [9.17, 15) is 0 Å². The zero-order chi connectivity index (χ0) is 7.68. The van der Waals surface area contributed by atoms with Gasteiger partial charge in [0.25, 0.3) is 0 Å². The number of rotatable bonds is 2. The van der Waals surface area contributed by atoms with Gasteiger partial charge in [0, 0.05) is 18.8 Å². The Morgan fingerprint density at radius 3 is 2.91 bits per heavy atom. The predicted molar refractivity (Wildman–Crippen MR) is 45.1 cm³/mol. The van der Waals surface area contributed by atoms with E-state index in [0.717, 1.165) is 12.2 Å². The first-order valence-corrected chi connectivity index (χ1v) is 3.72. The SMILES string of the molecule is C=Cc1ccc([C@H]2CN2)cn1. The van der Waals surface area contributed by atoms with E-state index < -0.39 is 0 Å². The van der Waals surface area contributed by atoms with Crippen molar-refractivity contribution in [2.75, 3.05) is 6.54 Å². The van der Waals surface area contributed by atoms with Gasteiger partial charge in [0.1, 0.15) is 0 Å². The molecule has 0 saturated carbocycles. The normalized spacial score (nSPS) is 21.3. The van der Waals surface area contributed by atoms with Gasteiger partial charge in [-0.15, -0.1) is 0 Å². The van der Waals surface area contributed by atoms with Crippen molar-refractivity contribution in [3.05, 3.63) is 36.2 Å². The maximum absolute atomic E-state index is 4.20. The Kier molecular flexibility index (Phi) is 1.47. The topological polar surface area (TPSA) is 34.8 Å². The molecule has 1 saturated heterocycles. The first-order chi connectivity index (χ1) is 5.40. The third kappa shape index (κ3) is 1.30. The minimum Gasteiger partial charge on any atom is -0.307 e. The lowest BCUT2D eigenvalue weighted by Gasteiger charge is -1.95. The fourth-order valence-corrected chi connectivity index (χ4v) is 1.04. The molecule has 1 N–H and O–H groups in total. The minimum absolute atomic E-state index is 0.557.